The molecule has 6 aromatic rings. The topological polar surface area (TPSA) is 17.1 Å². The van der Waals surface area contributed by atoms with Crippen LogP contribution in [0, 0.1) is 0 Å². The largest absolute Gasteiger partial charge is 0.289 e. The maximum absolute atomic E-state index is 14.5. The van der Waals surface area contributed by atoms with Gasteiger partial charge in [0.1, 0.15) is 0 Å². The Morgan fingerprint density at radius 2 is 1.10 bits per heavy atom. The second-order valence-corrected chi connectivity index (χ2v) is 13.3. The Hall–Kier alpha value is -3.35. The van der Waals surface area contributed by atoms with E-state index in [1.54, 1.807) is 46.2 Å². The van der Waals surface area contributed by atoms with Gasteiger partial charge in [-0.2, -0.15) is 0 Å². The molecular formula is C34H22OS4. The number of fused-ring (bicyclic) bond motifs is 2. The summed E-state index contributed by atoms with van der Waals surface area (Å²) in [5, 5.41) is 4.30. The Labute approximate surface area is 244 Å². The van der Waals surface area contributed by atoms with Crippen molar-refractivity contribution >= 4 is 52.0 Å². The Balaban J connectivity index is 1.56. The van der Waals surface area contributed by atoms with E-state index in [1.165, 1.54) is 9.75 Å². The number of thiophene rings is 2. The Bertz CT molecular complexity index is 1720. The lowest BCUT2D eigenvalue weighted by Gasteiger charge is -2.41. The van der Waals surface area contributed by atoms with E-state index in [1.807, 2.05) is 36.4 Å². The normalized spacial score (nSPS) is 13.6. The molecule has 4 aromatic carbocycles. The lowest BCUT2D eigenvalue weighted by Crippen LogP contribution is -2.37. The van der Waals surface area contributed by atoms with Crippen molar-refractivity contribution in [2.75, 3.05) is 0 Å². The molecule has 2 heterocycles. The van der Waals surface area contributed by atoms with Crippen LogP contribution in [-0.2, 0) is 5.41 Å². The van der Waals surface area contributed by atoms with Gasteiger partial charge in [0.2, 0.25) is 0 Å². The van der Waals surface area contributed by atoms with Gasteiger partial charge in [-0.15, -0.1) is 22.7 Å². The maximum Gasteiger partial charge on any atom is 0.194 e. The average Bonchev–Trinajstić information content (AvgIpc) is 3.71. The quantitative estimate of drug-likeness (QED) is 0.197. The summed E-state index contributed by atoms with van der Waals surface area (Å²) in [7, 11) is 0. The maximum atomic E-state index is 14.5. The standard InChI is InChI=1S/C34H22OS4/c35-33-25-15-7-18-28(39-24-13-5-2-6-14-24)32(25)34(29-19-9-21-36-29,30-20-10-22-37-30)26-16-8-17-27(31(26)33)38-23-11-3-1-4-12-23/h1-22H. The molecule has 1 aliphatic carbocycles. The molecule has 5 heteroatoms. The zero-order chi connectivity index (χ0) is 26.2. The van der Waals surface area contributed by atoms with Crippen molar-refractivity contribution < 1.29 is 4.79 Å². The van der Waals surface area contributed by atoms with Crippen LogP contribution < -0.4 is 0 Å². The molecular weight excluding hydrogens is 553 g/mol. The fourth-order valence-corrected chi connectivity index (χ4v) is 9.51. The minimum atomic E-state index is -0.591. The predicted octanol–water partition coefficient (Wildman–Crippen LogP) is 10.0. The average molecular weight is 575 g/mol. The van der Waals surface area contributed by atoms with Crippen molar-refractivity contribution in [3.05, 3.63) is 164 Å². The van der Waals surface area contributed by atoms with Crippen molar-refractivity contribution in [2.45, 2.75) is 25.0 Å². The molecule has 188 valence electrons. The van der Waals surface area contributed by atoms with Gasteiger partial charge in [-0.3, -0.25) is 4.79 Å². The van der Waals surface area contributed by atoms with Crippen LogP contribution in [0.3, 0.4) is 0 Å². The molecule has 0 spiro atoms. The summed E-state index contributed by atoms with van der Waals surface area (Å²) in [4.78, 5) is 21.4. The molecule has 39 heavy (non-hydrogen) atoms. The molecule has 0 saturated carbocycles. The summed E-state index contributed by atoms with van der Waals surface area (Å²) in [6.07, 6.45) is 0. The number of ketones is 1. The van der Waals surface area contributed by atoms with Crippen molar-refractivity contribution in [3.8, 4) is 0 Å². The highest BCUT2D eigenvalue weighted by molar-refractivity contribution is 7.99. The summed E-state index contributed by atoms with van der Waals surface area (Å²) < 4.78 is 0. The molecule has 2 aromatic heterocycles. The van der Waals surface area contributed by atoms with Gasteiger partial charge in [0.25, 0.3) is 0 Å². The van der Waals surface area contributed by atoms with Crippen molar-refractivity contribution in [2.24, 2.45) is 0 Å². The van der Waals surface area contributed by atoms with Crippen molar-refractivity contribution in [3.63, 3.8) is 0 Å². The van der Waals surface area contributed by atoms with E-state index in [-0.39, 0.29) is 5.78 Å². The zero-order valence-corrected chi connectivity index (χ0v) is 24.0. The molecule has 0 saturated heterocycles. The first-order chi connectivity index (χ1) is 19.3. The van der Waals surface area contributed by atoms with Crippen LogP contribution in [0.4, 0.5) is 0 Å². The molecule has 0 aliphatic heterocycles. The summed E-state index contributed by atoms with van der Waals surface area (Å²) in [5.74, 6) is 0.0956. The Morgan fingerprint density at radius 1 is 0.538 bits per heavy atom. The predicted molar refractivity (Wildman–Crippen MR) is 165 cm³/mol. The molecule has 7 rings (SSSR count). The van der Waals surface area contributed by atoms with E-state index in [4.69, 9.17) is 0 Å². The minimum Gasteiger partial charge on any atom is -0.289 e. The Morgan fingerprint density at radius 3 is 1.69 bits per heavy atom. The highest BCUT2D eigenvalue weighted by atomic mass is 32.2. The van der Waals surface area contributed by atoms with Crippen molar-refractivity contribution in [1.82, 2.24) is 0 Å². The second kappa shape index (κ2) is 10.3. The Kier molecular flexibility index (Phi) is 6.53. The van der Waals surface area contributed by atoms with Crippen LogP contribution in [0.2, 0.25) is 0 Å². The molecule has 1 aliphatic rings. The smallest absolute Gasteiger partial charge is 0.194 e. The summed E-state index contributed by atoms with van der Waals surface area (Å²) in [6.45, 7) is 0. The van der Waals surface area contributed by atoms with E-state index in [9.17, 15) is 4.79 Å². The van der Waals surface area contributed by atoms with Gasteiger partial charge in [-0.25, -0.2) is 0 Å². The van der Waals surface area contributed by atoms with Crippen LogP contribution in [0.25, 0.3) is 0 Å². The van der Waals surface area contributed by atoms with E-state index >= 15 is 0 Å². The molecule has 0 atom stereocenters. The van der Waals surface area contributed by atoms with Crippen LogP contribution >= 0.6 is 46.2 Å². The highest BCUT2D eigenvalue weighted by Crippen LogP contribution is 2.57. The third kappa shape index (κ3) is 4.12. The molecule has 1 nitrogen and oxygen atoms in total. The van der Waals surface area contributed by atoms with Crippen LogP contribution in [-0.4, -0.2) is 5.78 Å². The number of hydrogen-bond acceptors (Lipinski definition) is 5. The van der Waals surface area contributed by atoms with E-state index in [2.05, 4.69) is 95.7 Å². The first kappa shape index (κ1) is 24.7. The fourth-order valence-electron chi connectivity index (χ4n) is 5.47. The number of rotatable bonds is 6. The number of benzene rings is 4. The number of carbonyl (C=O) groups is 1. The van der Waals surface area contributed by atoms with Crippen molar-refractivity contribution in [1.29, 1.82) is 0 Å². The first-order valence-corrected chi connectivity index (χ1v) is 16.0. The third-order valence-electron chi connectivity index (χ3n) is 7.03. The summed E-state index contributed by atoms with van der Waals surface area (Å²) in [6, 6.07) is 42.1. The van der Waals surface area contributed by atoms with Crippen LogP contribution in [0.5, 0.6) is 0 Å². The number of carbonyl (C=O) groups excluding carboxylic acids is 1. The third-order valence-corrected chi connectivity index (χ3v) is 11.1. The molecule has 0 fully saturated rings. The highest BCUT2D eigenvalue weighted by Gasteiger charge is 2.50. The van der Waals surface area contributed by atoms with Gasteiger partial charge in [0.15, 0.2) is 5.78 Å². The molecule has 0 bridgehead atoms. The fraction of sp³-hybridized carbons (Fsp3) is 0.0294. The summed E-state index contributed by atoms with van der Waals surface area (Å²) in [5.41, 5.74) is 3.15. The molecule has 0 radical (unpaired) electrons. The molecule has 0 amide bonds. The van der Waals surface area contributed by atoms with Gasteiger partial charge >= 0.3 is 0 Å². The van der Waals surface area contributed by atoms with Crippen LogP contribution in [0.15, 0.2) is 152 Å². The minimum absolute atomic E-state index is 0.0956. The van der Waals surface area contributed by atoms with Gasteiger partial charge in [-0.1, -0.05) is 96.3 Å². The first-order valence-electron chi connectivity index (χ1n) is 12.6. The van der Waals surface area contributed by atoms with E-state index < -0.39 is 5.41 Å². The zero-order valence-electron chi connectivity index (χ0n) is 20.7. The molecule has 0 unspecified atom stereocenters. The lowest BCUT2D eigenvalue weighted by atomic mass is 9.64. The van der Waals surface area contributed by atoms with Gasteiger partial charge in [0, 0.05) is 40.5 Å². The van der Waals surface area contributed by atoms with Gasteiger partial charge in [0.05, 0.1) is 5.41 Å². The second-order valence-electron chi connectivity index (χ2n) is 9.22. The van der Waals surface area contributed by atoms with E-state index in [0.717, 1.165) is 41.8 Å². The number of hydrogen-bond donors (Lipinski definition) is 0. The van der Waals surface area contributed by atoms with E-state index in [0.29, 0.717) is 0 Å². The summed E-state index contributed by atoms with van der Waals surface area (Å²) >= 11 is 6.92. The monoisotopic (exact) mass is 574 g/mol. The SMILES string of the molecule is O=C1c2cccc(Sc3ccccc3)c2C(c2cccs2)(c2cccs2)c2cccc(Sc3ccccc3)c21. The van der Waals surface area contributed by atoms with Crippen LogP contribution in [0.1, 0.15) is 36.8 Å². The van der Waals surface area contributed by atoms with Gasteiger partial charge in [-0.05, 0) is 70.4 Å². The van der Waals surface area contributed by atoms with Gasteiger partial charge < -0.3 is 0 Å². The molecule has 0 N–H and O–H groups in total. The lowest BCUT2D eigenvalue weighted by molar-refractivity contribution is 0.102.